The van der Waals surface area contributed by atoms with Gasteiger partial charge in [-0.2, -0.15) is 0 Å². The van der Waals surface area contributed by atoms with Gasteiger partial charge < -0.3 is 9.64 Å². The molecule has 4 rings (SSSR count). The van der Waals surface area contributed by atoms with E-state index in [4.69, 9.17) is 4.74 Å². The molecular formula is C20H21N3O3S. The second-order valence-corrected chi connectivity index (χ2v) is 7.80. The molecule has 140 valence electrons. The van der Waals surface area contributed by atoms with E-state index in [0.29, 0.717) is 29.9 Å². The molecule has 27 heavy (non-hydrogen) atoms. The standard InChI is InChI=1S/C20H21N3O3S/c1-13-10-22(8-9-26-13)16(24)11-23-12-21-19-17(20(23)25)14(2)18(27-19)15-6-4-3-5-7-15/h3-7,12-13H,8-11H2,1-2H3. The van der Waals surface area contributed by atoms with Crippen LogP contribution in [0.1, 0.15) is 12.5 Å². The summed E-state index contributed by atoms with van der Waals surface area (Å²) in [6.07, 6.45) is 1.50. The van der Waals surface area contributed by atoms with Crippen molar-refractivity contribution < 1.29 is 9.53 Å². The van der Waals surface area contributed by atoms with Gasteiger partial charge in [0.1, 0.15) is 11.4 Å². The first-order valence-electron chi connectivity index (χ1n) is 8.98. The normalized spacial score (nSPS) is 17.4. The van der Waals surface area contributed by atoms with Gasteiger partial charge in [-0.25, -0.2) is 4.98 Å². The van der Waals surface area contributed by atoms with E-state index in [-0.39, 0.29) is 24.1 Å². The lowest BCUT2D eigenvalue weighted by atomic mass is 10.1. The van der Waals surface area contributed by atoms with Crippen molar-refractivity contribution in [1.29, 1.82) is 0 Å². The number of ether oxygens (including phenoxy) is 1. The van der Waals surface area contributed by atoms with Crippen LogP contribution in [0.4, 0.5) is 0 Å². The van der Waals surface area contributed by atoms with E-state index in [0.717, 1.165) is 16.0 Å². The first-order valence-corrected chi connectivity index (χ1v) is 9.79. The fourth-order valence-electron chi connectivity index (χ4n) is 3.43. The van der Waals surface area contributed by atoms with Crippen LogP contribution in [-0.2, 0) is 16.1 Å². The van der Waals surface area contributed by atoms with Crippen molar-refractivity contribution in [3.63, 3.8) is 0 Å². The molecule has 6 nitrogen and oxygen atoms in total. The Morgan fingerprint density at radius 1 is 1.33 bits per heavy atom. The maximum atomic E-state index is 13.0. The second kappa shape index (κ2) is 7.25. The summed E-state index contributed by atoms with van der Waals surface area (Å²) in [6, 6.07) is 9.98. The van der Waals surface area contributed by atoms with Gasteiger partial charge in [0.15, 0.2) is 0 Å². The number of thiophene rings is 1. The summed E-state index contributed by atoms with van der Waals surface area (Å²) < 4.78 is 6.89. The van der Waals surface area contributed by atoms with E-state index >= 15 is 0 Å². The van der Waals surface area contributed by atoms with Crippen molar-refractivity contribution in [3.8, 4) is 10.4 Å². The molecule has 1 fully saturated rings. The number of carbonyl (C=O) groups is 1. The first kappa shape index (κ1) is 17.9. The minimum atomic E-state index is -0.161. The van der Waals surface area contributed by atoms with Crippen LogP contribution in [0.5, 0.6) is 0 Å². The van der Waals surface area contributed by atoms with E-state index in [1.807, 2.05) is 44.2 Å². The van der Waals surface area contributed by atoms with Gasteiger partial charge in [0.05, 0.1) is 24.4 Å². The van der Waals surface area contributed by atoms with Crippen LogP contribution in [0.25, 0.3) is 20.7 Å². The van der Waals surface area contributed by atoms with Crippen molar-refractivity contribution in [2.75, 3.05) is 19.7 Å². The molecule has 0 saturated carbocycles. The number of nitrogens with zero attached hydrogens (tertiary/aromatic N) is 3. The summed E-state index contributed by atoms with van der Waals surface area (Å²) in [5.74, 6) is -0.0791. The number of hydrogen-bond donors (Lipinski definition) is 0. The van der Waals surface area contributed by atoms with Gasteiger partial charge >= 0.3 is 0 Å². The summed E-state index contributed by atoms with van der Waals surface area (Å²) in [5, 5.41) is 0.601. The molecule has 0 aliphatic carbocycles. The summed E-state index contributed by atoms with van der Waals surface area (Å²) >= 11 is 1.51. The van der Waals surface area contributed by atoms with E-state index in [1.165, 1.54) is 22.2 Å². The first-order chi connectivity index (χ1) is 13.0. The molecule has 0 radical (unpaired) electrons. The van der Waals surface area contributed by atoms with Crippen LogP contribution in [0.3, 0.4) is 0 Å². The van der Waals surface area contributed by atoms with Crippen LogP contribution in [0.15, 0.2) is 41.5 Å². The van der Waals surface area contributed by atoms with E-state index in [9.17, 15) is 9.59 Å². The predicted molar refractivity (Wildman–Crippen MR) is 106 cm³/mol. The monoisotopic (exact) mass is 383 g/mol. The summed E-state index contributed by atoms with van der Waals surface area (Å²) in [4.78, 5) is 33.6. The van der Waals surface area contributed by atoms with Gasteiger partial charge in [-0.05, 0) is 25.0 Å². The van der Waals surface area contributed by atoms with E-state index in [2.05, 4.69) is 4.98 Å². The number of hydrogen-bond acceptors (Lipinski definition) is 5. The second-order valence-electron chi connectivity index (χ2n) is 6.80. The Morgan fingerprint density at radius 2 is 2.11 bits per heavy atom. The molecule has 0 spiro atoms. The maximum absolute atomic E-state index is 13.0. The minimum Gasteiger partial charge on any atom is -0.375 e. The molecule has 7 heteroatoms. The number of fused-ring (bicyclic) bond motifs is 1. The van der Waals surface area contributed by atoms with E-state index in [1.54, 1.807) is 4.90 Å². The molecule has 1 amide bonds. The number of morpholine rings is 1. The largest absolute Gasteiger partial charge is 0.375 e. The third-order valence-corrected chi connectivity index (χ3v) is 6.10. The highest BCUT2D eigenvalue weighted by Crippen LogP contribution is 2.35. The number of rotatable bonds is 3. The third kappa shape index (κ3) is 3.40. The summed E-state index contributed by atoms with van der Waals surface area (Å²) in [7, 11) is 0. The Bertz CT molecular complexity index is 1040. The van der Waals surface area contributed by atoms with E-state index < -0.39 is 0 Å². The molecular weight excluding hydrogens is 362 g/mol. The molecule has 0 bridgehead atoms. The molecule has 0 N–H and O–H groups in total. The van der Waals surface area contributed by atoms with Gasteiger partial charge in [0.2, 0.25) is 5.91 Å². The smallest absolute Gasteiger partial charge is 0.262 e. The number of amides is 1. The number of aromatic nitrogens is 2. The van der Waals surface area contributed by atoms with Crippen molar-refractivity contribution >= 4 is 27.5 Å². The Kier molecular flexibility index (Phi) is 4.80. The molecule has 1 saturated heterocycles. The average molecular weight is 383 g/mol. The van der Waals surface area contributed by atoms with Crippen LogP contribution >= 0.6 is 11.3 Å². The third-order valence-electron chi connectivity index (χ3n) is 4.85. The zero-order valence-corrected chi connectivity index (χ0v) is 16.2. The quantitative estimate of drug-likeness (QED) is 0.698. The summed E-state index contributed by atoms with van der Waals surface area (Å²) in [5.41, 5.74) is 1.83. The fraction of sp³-hybridized carbons (Fsp3) is 0.350. The molecule has 3 heterocycles. The Balaban J connectivity index is 1.67. The SMILES string of the molecule is Cc1c(-c2ccccc2)sc2ncn(CC(=O)N3CCOC(C)C3)c(=O)c12. The molecule has 3 aromatic rings. The number of aryl methyl sites for hydroxylation is 1. The lowest BCUT2D eigenvalue weighted by Crippen LogP contribution is -2.46. The highest BCUT2D eigenvalue weighted by Gasteiger charge is 2.23. The Morgan fingerprint density at radius 3 is 2.85 bits per heavy atom. The minimum absolute atomic E-state index is 0.00441. The van der Waals surface area contributed by atoms with Crippen molar-refractivity contribution in [1.82, 2.24) is 14.5 Å². The van der Waals surface area contributed by atoms with Crippen LogP contribution < -0.4 is 5.56 Å². The van der Waals surface area contributed by atoms with Crippen LogP contribution in [0.2, 0.25) is 0 Å². The van der Waals surface area contributed by atoms with Gasteiger partial charge in [0.25, 0.3) is 5.56 Å². The lowest BCUT2D eigenvalue weighted by Gasteiger charge is -2.31. The van der Waals surface area contributed by atoms with Crippen molar-refractivity contribution in [2.45, 2.75) is 26.5 Å². The molecule has 2 aromatic heterocycles. The topological polar surface area (TPSA) is 64.4 Å². The van der Waals surface area contributed by atoms with Gasteiger partial charge in [0, 0.05) is 18.0 Å². The molecule has 1 aliphatic heterocycles. The molecule has 1 aromatic carbocycles. The van der Waals surface area contributed by atoms with Crippen molar-refractivity contribution in [2.24, 2.45) is 0 Å². The molecule has 1 unspecified atom stereocenters. The van der Waals surface area contributed by atoms with Crippen LogP contribution in [-0.4, -0.2) is 46.2 Å². The van der Waals surface area contributed by atoms with Crippen LogP contribution in [0, 0.1) is 6.92 Å². The van der Waals surface area contributed by atoms with Gasteiger partial charge in [-0.1, -0.05) is 30.3 Å². The Labute approximate surface area is 161 Å². The molecule has 1 atom stereocenters. The van der Waals surface area contributed by atoms with Gasteiger partial charge in [-0.15, -0.1) is 11.3 Å². The number of benzene rings is 1. The average Bonchev–Trinajstić information content (AvgIpc) is 3.02. The lowest BCUT2D eigenvalue weighted by molar-refractivity contribution is -0.138. The number of carbonyl (C=O) groups excluding carboxylic acids is 1. The van der Waals surface area contributed by atoms with Crippen molar-refractivity contribution in [3.05, 3.63) is 52.6 Å². The Hall–Kier alpha value is -2.51. The highest BCUT2D eigenvalue weighted by atomic mass is 32.1. The maximum Gasteiger partial charge on any atom is 0.262 e. The zero-order chi connectivity index (χ0) is 19.0. The zero-order valence-electron chi connectivity index (χ0n) is 15.3. The predicted octanol–water partition coefficient (Wildman–Crippen LogP) is 2.68. The fourth-order valence-corrected chi connectivity index (χ4v) is 4.57. The van der Waals surface area contributed by atoms with Gasteiger partial charge in [-0.3, -0.25) is 14.2 Å². The summed E-state index contributed by atoms with van der Waals surface area (Å²) in [6.45, 7) is 5.54. The molecule has 1 aliphatic rings. The highest BCUT2D eigenvalue weighted by molar-refractivity contribution is 7.22.